The van der Waals surface area contributed by atoms with Crippen molar-refractivity contribution in [3.63, 3.8) is 0 Å². The van der Waals surface area contributed by atoms with Crippen LogP contribution in [0.15, 0.2) is 36.4 Å². The van der Waals surface area contributed by atoms with Gasteiger partial charge in [-0.25, -0.2) is 9.78 Å². The molecule has 1 N–H and O–H groups in total. The van der Waals surface area contributed by atoms with Crippen molar-refractivity contribution in [1.82, 2.24) is 9.55 Å². The summed E-state index contributed by atoms with van der Waals surface area (Å²) in [7, 11) is 1.38. The van der Waals surface area contributed by atoms with Crippen molar-refractivity contribution >= 4 is 50.6 Å². The summed E-state index contributed by atoms with van der Waals surface area (Å²) >= 11 is 2.90. The summed E-state index contributed by atoms with van der Waals surface area (Å²) in [4.78, 5) is 33.0. The second-order valence-electron chi connectivity index (χ2n) is 7.69. The molecule has 0 unspecified atom stereocenters. The van der Waals surface area contributed by atoms with Crippen LogP contribution in [0.5, 0.6) is 0 Å². The van der Waals surface area contributed by atoms with Crippen molar-refractivity contribution in [3.8, 4) is 10.7 Å². The highest BCUT2D eigenvalue weighted by Gasteiger charge is 2.27. The number of hydrogen-bond acceptors (Lipinski definition) is 6. The molecule has 4 aromatic rings. The number of ether oxygens (including phenoxy) is 1. The van der Waals surface area contributed by atoms with Crippen molar-refractivity contribution < 1.29 is 14.3 Å². The number of nitrogens with zero attached hydrogens (tertiary/aromatic N) is 2. The van der Waals surface area contributed by atoms with Crippen molar-refractivity contribution in [1.29, 1.82) is 0 Å². The van der Waals surface area contributed by atoms with Crippen LogP contribution in [0.3, 0.4) is 0 Å². The Labute approximate surface area is 193 Å². The van der Waals surface area contributed by atoms with Crippen molar-refractivity contribution in [2.24, 2.45) is 0 Å². The molecule has 5 rings (SSSR count). The Kier molecular flexibility index (Phi) is 5.57. The number of para-hydroxylation sites is 2. The summed E-state index contributed by atoms with van der Waals surface area (Å²) in [5, 5.41) is 3.57. The van der Waals surface area contributed by atoms with Crippen LogP contribution in [0.25, 0.3) is 21.7 Å². The Bertz CT molecular complexity index is 1330. The minimum atomic E-state index is -0.386. The number of fused-ring (bicyclic) bond motifs is 2. The molecule has 0 saturated carbocycles. The van der Waals surface area contributed by atoms with Gasteiger partial charge in [0.1, 0.15) is 5.00 Å². The maximum Gasteiger partial charge on any atom is 0.341 e. The van der Waals surface area contributed by atoms with Gasteiger partial charge < -0.3 is 14.6 Å². The second-order valence-corrected chi connectivity index (χ2v) is 9.88. The number of aryl methyl sites for hydroxylation is 2. The van der Waals surface area contributed by atoms with E-state index in [9.17, 15) is 9.59 Å². The van der Waals surface area contributed by atoms with E-state index in [1.54, 1.807) is 0 Å². The van der Waals surface area contributed by atoms with Crippen LogP contribution in [0, 0.1) is 0 Å². The van der Waals surface area contributed by atoms with Crippen LogP contribution in [0.2, 0.25) is 0 Å². The van der Waals surface area contributed by atoms with Gasteiger partial charge in [-0.2, -0.15) is 0 Å². The molecule has 3 heterocycles. The van der Waals surface area contributed by atoms with E-state index in [1.165, 1.54) is 34.7 Å². The summed E-state index contributed by atoms with van der Waals surface area (Å²) in [6.07, 6.45) is 3.95. The van der Waals surface area contributed by atoms with E-state index in [-0.39, 0.29) is 11.9 Å². The molecule has 0 fully saturated rings. The molecule has 0 aliphatic heterocycles. The SMILES string of the molecule is CCn1c(-c2ccc(C(=O)Nc3sc4c(c3C(=O)OC)CCCC4)s2)nc2ccccc21. The number of amides is 1. The van der Waals surface area contributed by atoms with Crippen LogP contribution in [0.1, 0.15) is 50.2 Å². The number of nitrogens with one attached hydrogen (secondary N) is 1. The molecule has 1 aliphatic rings. The van der Waals surface area contributed by atoms with Crippen LogP contribution < -0.4 is 5.32 Å². The first-order valence-corrected chi connectivity index (χ1v) is 12.3. The summed E-state index contributed by atoms with van der Waals surface area (Å²) < 4.78 is 7.17. The van der Waals surface area contributed by atoms with Crippen LogP contribution in [-0.4, -0.2) is 28.5 Å². The second kappa shape index (κ2) is 8.52. The lowest BCUT2D eigenvalue weighted by Gasteiger charge is -2.11. The number of hydrogen-bond donors (Lipinski definition) is 1. The fourth-order valence-corrected chi connectivity index (χ4v) is 6.47. The summed E-state index contributed by atoms with van der Waals surface area (Å²) in [6.45, 7) is 2.88. The quantitative estimate of drug-likeness (QED) is 0.380. The van der Waals surface area contributed by atoms with Gasteiger partial charge in [-0.05, 0) is 62.4 Å². The fraction of sp³-hybridized carbons (Fsp3) is 0.292. The molecule has 0 spiro atoms. The minimum Gasteiger partial charge on any atom is -0.465 e. The molecular weight excluding hydrogens is 442 g/mol. The first-order valence-electron chi connectivity index (χ1n) is 10.7. The number of methoxy groups -OCH3 is 1. The third kappa shape index (κ3) is 3.53. The number of carbonyl (C=O) groups is 2. The smallest absolute Gasteiger partial charge is 0.341 e. The molecule has 0 atom stereocenters. The zero-order valence-electron chi connectivity index (χ0n) is 17.9. The molecule has 1 amide bonds. The van der Waals surface area contributed by atoms with Gasteiger partial charge in [0.2, 0.25) is 0 Å². The van der Waals surface area contributed by atoms with Gasteiger partial charge in [0.15, 0.2) is 5.82 Å². The standard InChI is InChI=1S/C24H23N3O3S2/c1-3-27-16-10-6-5-9-15(16)25-21(27)18-12-13-19(31-18)22(28)26-23-20(24(29)30-2)14-8-4-7-11-17(14)32-23/h5-6,9-10,12-13H,3-4,7-8,11H2,1-2H3,(H,26,28). The molecule has 3 aromatic heterocycles. The predicted molar refractivity (Wildman–Crippen MR) is 129 cm³/mol. The van der Waals surface area contributed by atoms with E-state index in [0.29, 0.717) is 15.4 Å². The molecule has 0 saturated heterocycles. The van der Waals surface area contributed by atoms with E-state index in [0.717, 1.165) is 59.5 Å². The first-order chi connectivity index (χ1) is 15.6. The molecule has 164 valence electrons. The van der Waals surface area contributed by atoms with Gasteiger partial charge in [0.25, 0.3) is 5.91 Å². The molecule has 8 heteroatoms. The van der Waals surface area contributed by atoms with Gasteiger partial charge in [0, 0.05) is 11.4 Å². The molecule has 32 heavy (non-hydrogen) atoms. The first kappa shape index (κ1) is 20.9. The fourth-order valence-electron chi connectivity index (χ4n) is 4.30. The number of rotatable bonds is 5. The maximum atomic E-state index is 13.1. The largest absolute Gasteiger partial charge is 0.465 e. The average molecular weight is 466 g/mol. The predicted octanol–water partition coefficient (Wildman–Crippen LogP) is 5.76. The van der Waals surface area contributed by atoms with Crippen LogP contribution >= 0.6 is 22.7 Å². The molecule has 1 aliphatic carbocycles. The third-order valence-electron chi connectivity index (χ3n) is 5.81. The highest BCUT2D eigenvalue weighted by Crippen LogP contribution is 2.39. The van der Waals surface area contributed by atoms with Crippen LogP contribution in [-0.2, 0) is 24.1 Å². The zero-order valence-corrected chi connectivity index (χ0v) is 19.6. The number of carbonyl (C=O) groups excluding carboxylic acids is 2. The molecular formula is C24H23N3O3S2. The lowest BCUT2D eigenvalue weighted by atomic mass is 9.95. The number of benzene rings is 1. The van der Waals surface area contributed by atoms with Gasteiger partial charge in [-0.1, -0.05) is 12.1 Å². The number of esters is 1. The van der Waals surface area contributed by atoms with E-state index in [4.69, 9.17) is 9.72 Å². The average Bonchev–Trinajstić information content (AvgIpc) is 3.52. The monoisotopic (exact) mass is 465 g/mol. The maximum absolute atomic E-state index is 13.1. The van der Waals surface area contributed by atoms with Crippen molar-refractivity contribution in [3.05, 3.63) is 57.3 Å². The van der Waals surface area contributed by atoms with Gasteiger partial charge in [-0.3, -0.25) is 4.79 Å². The van der Waals surface area contributed by atoms with E-state index >= 15 is 0 Å². The molecule has 0 radical (unpaired) electrons. The van der Waals surface area contributed by atoms with E-state index < -0.39 is 0 Å². The number of anilines is 1. The Morgan fingerprint density at radius 1 is 1.12 bits per heavy atom. The molecule has 1 aromatic carbocycles. The zero-order chi connectivity index (χ0) is 22.2. The van der Waals surface area contributed by atoms with Gasteiger partial charge in [-0.15, -0.1) is 22.7 Å². The Morgan fingerprint density at radius 3 is 2.75 bits per heavy atom. The lowest BCUT2D eigenvalue weighted by molar-refractivity contribution is 0.0601. The minimum absolute atomic E-state index is 0.218. The number of imidazole rings is 1. The highest BCUT2D eigenvalue weighted by atomic mass is 32.1. The summed E-state index contributed by atoms with van der Waals surface area (Å²) in [5.41, 5.74) is 3.57. The Morgan fingerprint density at radius 2 is 1.94 bits per heavy atom. The number of thiophene rings is 2. The lowest BCUT2D eigenvalue weighted by Crippen LogP contribution is -2.14. The molecule has 6 nitrogen and oxygen atoms in total. The molecule has 0 bridgehead atoms. The Hall–Kier alpha value is -2.97. The van der Waals surface area contributed by atoms with Gasteiger partial charge >= 0.3 is 5.97 Å². The topological polar surface area (TPSA) is 73.2 Å². The van der Waals surface area contributed by atoms with Gasteiger partial charge in [0.05, 0.1) is 33.5 Å². The van der Waals surface area contributed by atoms with Crippen LogP contribution in [0.4, 0.5) is 5.00 Å². The van der Waals surface area contributed by atoms with E-state index in [2.05, 4.69) is 22.9 Å². The van der Waals surface area contributed by atoms with Crippen molar-refractivity contribution in [2.45, 2.75) is 39.2 Å². The Balaban J connectivity index is 1.46. The summed E-state index contributed by atoms with van der Waals surface area (Å²) in [6, 6.07) is 11.8. The van der Waals surface area contributed by atoms with E-state index in [1.807, 2.05) is 30.3 Å². The van der Waals surface area contributed by atoms with Crippen molar-refractivity contribution in [2.75, 3.05) is 12.4 Å². The highest BCUT2D eigenvalue weighted by molar-refractivity contribution is 7.18. The third-order valence-corrected chi connectivity index (χ3v) is 8.10. The number of aromatic nitrogens is 2. The summed E-state index contributed by atoms with van der Waals surface area (Å²) in [5.74, 6) is 0.256. The normalized spacial score (nSPS) is 13.2.